The lowest BCUT2D eigenvalue weighted by molar-refractivity contribution is -0.142. The van der Waals surface area contributed by atoms with Crippen LogP contribution in [0.25, 0.3) is 55.2 Å². The Morgan fingerprint density at radius 3 is 1.78 bits per heavy atom. The van der Waals surface area contributed by atoms with E-state index in [1.165, 1.54) is 0 Å². The van der Waals surface area contributed by atoms with Gasteiger partial charge in [0.15, 0.2) is 5.76 Å². The van der Waals surface area contributed by atoms with Gasteiger partial charge in [-0.15, -0.1) is 10.2 Å². The number of hydrogen-bond acceptors (Lipinski definition) is 3. The summed E-state index contributed by atoms with van der Waals surface area (Å²) in [5, 5.41) is 11.4. The van der Waals surface area contributed by atoms with Crippen LogP contribution in [-0.4, -0.2) is 10.2 Å². The monoisotopic (exact) mass is 508 g/mol. The zero-order chi connectivity index (χ0) is 25.9. The zero-order valence-corrected chi connectivity index (χ0v) is 18.7. The maximum Gasteiger partial charge on any atom is 0.417 e. The summed E-state index contributed by atoms with van der Waals surface area (Å²) in [6.07, 6.45) is -9.99. The van der Waals surface area contributed by atoms with E-state index in [4.69, 9.17) is 4.42 Å². The van der Waals surface area contributed by atoms with Crippen molar-refractivity contribution in [2.45, 2.75) is 12.4 Å². The molecule has 0 N–H and O–H groups in total. The first-order chi connectivity index (χ1) is 17.6. The topological polar surface area (TPSA) is 38.9 Å². The van der Waals surface area contributed by atoms with Crippen molar-refractivity contribution in [3.8, 4) is 22.7 Å². The Morgan fingerprint density at radius 2 is 1.16 bits per heavy atom. The second-order valence-electron chi connectivity index (χ2n) is 8.55. The summed E-state index contributed by atoms with van der Waals surface area (Å²) in [7, 11) is 0. The fraction of sp³-hybridized carbons (Fsp3) is 0.0714. The van der Waals surface area contributed by atoms with E-state index in [2.05, 4.69) is 10.2 Å². The normalized spacial score (nSPS) is 12.6. The molecular formula is C28H14F6N2O. The molecular weight excluding hydrogens is 494 g/mol. The second kappa shape index (κ2) is 8.06. The number of para-hydroxylation sites is 1. The fourth-order valence-corrected chi connectivity index (χ4v) is 4.48. The molecule has 37 heavy (non-hydrogen) atoms. The van der Waals surface area contributed by atoms with Crippen LogP contribution in [-0.2, 0) is 12.4 Å². The lowest BCUT2D eigenvalue weighted by Crippen LogP contribution is -2.12. The molecule has 0 aliphatic rings. The van der Waals surface area contributed by atoms with E-state index in [1.807, 2.05) is 24.3 Å². The van der Waals surface area contributed by atoms with Crippen LogP contribution >= 0.6 is 0 Å². The van der Waals surface area contributed by atoms with Crippen LogP contribution in [0.3, 0.4) is 0 Å². The average Bonchev–Trinajstić information content (AvgIpc) is 3.29. The molecule has 2 heterocycles. The molecule has 0 unspecified atom stereocenters. The van der Waals surface area contributed by atoms with Gasteiger partial charge in [-0.05, 0) is 47.2 Å². The van der Waals surface area contributed by atoms with Gasteiger partial charge >= 0.3 is 12.4 Å². The first-order valence-corrected chi connectivity index (χ1v) is 11.1. The van der Waals surface area contributed by atoms with Gasteiger partial charge in [0.25, 0.3) is 0 Å². The summed E-state index contributed by atoms with van der Waals surface area (Å²) >= 11 is 0. The van der Waals surface area contributed by atoms with Crippen molar-refractivity contribution in [3.05, 3.63) is 96.1 Å². The summed E-state index contributed by atoms with van der Waals surface area (Å²) in [5.74, 6) is 0.365. The Balaban J connectivity index is 1.67. The first-order valence-electron chi connectivity index (χ1n) is 11.1. The van der Waals surface area contributed by atoms with Gasteiger partial charge in [0.05, 0.1) is 11.1 Å². The highest BCUT2D eigenvalue weighted by Gasteiger charge is 2.39. The number of alkyl halides is 6. The van der Waals surface area contributed by atoms with Crippen LogP contribution in [0.5, 0.6) is 0 Å². The number of aromatic nitrogens is 2. The lowest BCUT2D eigenvalue weighted by atomic mass is 9.94. The molecule has 0 atom stereocenters. The largest absolute Gasteiger partial charge is 0.454 e. The third kappa shape index (κ3) is 3.96. The smallest absolute Gasteiger partial charge is 0.417 e. The summed E-state index contributed by atoms with van der Waals surface area (Å²) in [6, 6.07) is 21.2. The minimum absolute atomic E-state index is 0.108. The van der Waals surface area contributed by atoms with E-state index in [0.717, 1.165) is 22.2 Å². The predicted octanol–water partition coefficient (Wildman–Crippen LogP) is 8.90. The summed E-state index contributed by atoms with van der Waals surface area (Å²) in [6.45, 7) is 0. The van der Waals surface area contributed by atoms with E-state index in [0.29, 0.717) is 33.9 Å². The first kappa shape index (κ1) is 23.0. The molecule has 0 saturated carbocycles. The number of halogens is 6. The van der Waals surface area contributed by atoms with E-state index in [-0.39, 0.29) is 11.8 Å². The SMILES string of the molecule is FC(F)(F)c1ccc(-c2nnc(-c3cc4ccccc4o3)c3cc4ccccc4cc23)c(C(F)(F)F)c1. The highest BCUT2D eigenvalue weighted by atomic mass is 19.4. The van der Waals surface area contributed by atoms with Gasteiger partial charge in [0.2, 0.25) is 0 Å². The van der Waals surface area contributed by atoms with Gasteiger partial charge in [-0.1, -0.05) is 48.5 Å². The van der Waals surface area contributed by atoms with Crippen molar-refractivity contribution >= 4 is 32.5 Å². The Morgan fingerprint density at radius 1 is 0.568 bits per heavy atom. The standard InChI is InChI=1S/C28H14F6N2O/c29-27(30,31)18-9-10-19(22(14-18)28(32,33)34)25-20-11-15-5-1-2-6-16(15)12-21(20)26(36-35-25)24-13-17-7-3-4-8-23(17)37-24/h1-14H. The molecule has 0 amide bonds. The minimum Gasteiger partial charge on any atom is -0.454 e. The number of fused-ring (bicyclic) bond motifs is 3. The van der Waals surface area contributed by atoms with Crippen molar-refractivity contribution in [2.24, 2.45) is 0 Å². The maximum absolute atomic E-state index is 14.0. The third-order valence-corrected chi connectivity index (χ3v) is 6.21. The van der Waals surface area contributed by atoms with Gasteiger partial charge in [-0.3, -0.25) is 0 Å². The van der Waals surface area contributed by atoms with Crippen LogP contribution in [0.15, 0.2) is 89.3 Å². The van der Waals surface area contributed by atoms with Gasteiger partial charge in [-0.2, -0.15) is 26.3 Å². The average molecular weight is 508 g/mol. The molecule has 4 aromatic carbocycles. The van der Waals surface area contributed by atoms with E-state index >= 15 is 0 Å². The van der Waals surface area contributed by atoms with Crippen LogP contribution in [0, 0.1) is 0 Å². The van der Waals surface area contributed by atoms with Crippen LogP contribution in [0.1, 0.15) is 11.1 Å². The molecule has 0 spiro atoms. The predicted molar refractivity (Wildman–Crippen MR) is 128 cm³/mol. The van der Waals surface area contributed by atoms with Gasteiger partial charge in [0.1, 0.15) is 17.0 Å². The molecule has 0 saturated heterocycles. The van der Waals surface area contributed by atoms with Crippen molar-refractivity contribution in [1.82, 2.24) is 10.2 Å². The molecule has 3 nitrogen and oxygen atoms in total. The van der Waals surface area contributed by atoms with Crippen molar-refractivity contribution < 1.29 is 30.8 Å². The lowest BCUT2D eigenvalue weighted by Gasteiger charge is -2.17. The molecule has 184 valence electrons. The number of benzene rings is 4. The van der Waals surface area contributed by atoms with Crippen molar-refractivity contribution in [1.29, 1.82) is 0 Å². The molecule has 0 radical (unpaired) electrons. The van der Waals surface area contributed by atoms with Crippen LogP contribution in [0.4, 0.5) is 26.3 Å². The fourth-order valence-electron chi connectivity index (χ4n) is 4.48. The molecule has 6 aromatic rings. The molecule has 0 bridgehead atoms. The van der Waals surface area contributed by atoms with Gasteiger partial charge < -0.3 is 4.42 Å². The molecule has 9 heteroatoms. The van der Waals surface area contributed by atoms with Crippen LogP contribution in [0.2, 0.25) is 0 Å². The highest BCUT2D eigenvalue weighted by Crippen LogP contribution is 2.43. The van der Waals surface area contributed by atoms with Gasteiger partial charge in [0, 0.05) is 21.7 Å². The number of furan rings is 1. The van der Waals surface area contributed by atoms with E-state index in [9.17, 15) is 26.3 Å². The van der Waals surface area contributed by atoms with E-state index in [1.54, 1.807) is 42.5 Å². The summed E-state index contributed by atoms with van der Waals surface area (Å²) < 4.78 is 87.6. The Labute approximate surface area is 205 Å². The summed E-state index contributed by atoms with van der Waals surface area (Å²) in [4.78, 5) is 0. The van der Waals surface area contributed by atoms with Crippen LogP contribution < -0.4 is 0 Å². The number of hydrogen-bond donors (Lipinski definition) is 0. The van der Waals surface area contributed by atoms with Gasteiger partial charge in [-0.25, -0.2) is 0 Å². The summed E-state index contributed by atoms with van der Waals surface area (Å²) in [5.41, 5.74) is -2.61. The molecule has 0 aliphatic heterocycles. The number of rotatable bonds is 2. The Bertz CT molecular complexity index is 1790. The minimum atomic E-state index is -5.06. The van der Waals surface area contributed by atoms with Crippen molar-refractivity contribution in [2.75, 3.05) is 0 Å². The quantitative estimate of drug-likeness (QED) is 0.173. The molecule has 2 aromatic heterocycles. The molecule has 0 fully saturated rings. The third-order valence-electron chi connectivity index (χ3n) is 6.21. The Kier molecular flexibility index (Phi) is 5.01. The highest BCUT2D eigenvalue weighted by molar-refractivity contribution is 6.08. The second-order valence-corrected chi connectivity index (χ2v) is 8.55. The van der Waals surface area contributed by atoms with E-state index < -0.39 is 29.0 Å². The van der Waals surface area contributed by atoms with Crippen molar-refractivity contribution in [3.63, 3.8) is 0 Å². The maximum atomic E-state index is 14.0. The molecule has 6 rings (SSSR count). The Hall–Kier alpha value is -4.40. The molecule has 0 aliphatic carbocycles. The zero-order valence-electron chi connectivity index (χ0n) is 18.7. The number of nitrogens with zero attached hydrogens (tertiary/aromatic N) is 2.